The van der Waals surface area contributed by atoms with Crippen molar-refractivity contribution in [3.05, 3.63) is 81.9 Å². The number of rotatable bonds is 5. The van der Waals surface area contributed by atoms with Gasteiger partial charge < -0.3 is 15.7 Å². The Labute approximate surface area is 245 Å². The Morgan fingerprint density at radius 1 is 0.977 bits per heavy atom. The minimum atomic E-state index is -5.08. The molecule has 0 unspecified atom stereocenters. The monoisotopic (exact) mass is 635 g/mol. The highest BCUT2D eigenvalue weighted by Gasteiger charge is 2.47. The van der Waals surface area contributed by atoms with Crippen LogP contribution < -0.4 is 15.5 Å². The molecule has 1 amide bonds. The predicted octanol–water partition coefficient (Wildman–Crippen LogP) is 7.27. The summed E-state index contributed by atoms with van der Waals surface area (Å²) in [5.41, 5.74) is 0.320. The van der Waals surface area contributed by atoms with Gasteiger partial charge in [0.25, 0.3) is 0 Å². The predicted molar refractivity (Wildman–Crippen MR) is 141 cm³/mol. The van der Waals surface area contributed by atoms with Crippen molar-refractivity contribution in [3.8, 4) is 0 Å². The third-order valence-corrected chi connectivity index (χ3v) is 7.45. The summed E-state index contributed by atoms with van der Waals surface area (Å²) in [6, 6.07) is 3.57. The Bertz CT molecular complexity index is 1540. The fourth-order valence-electron chi connectivity index (χ4n) is 5.25. The minimum Gasteiger partial charge on any atom is -0.465 e. The first-order valence-electron chi connectivity index (χ1n) is 13.0. The molecule has 44 heavy (non-hydrogen) atoms. The van der Waals surface area contributed by atoms with Crippen LogP contribution in [0.1, 0.15) is 65.0 Å². The third-order valence-electron chi connectivity index (χ3n) is 7.45. The quantitative estimate of drug-likeness (QED) is 0.287. The molecule has 1 aliphatic rings. The van der Waals surface area contributed by atoms with E-state index < -0.39 is 59.3 Å². The van der Waals surface area contributed by atoms with Crippen molar-refractivity contribution in [2.75, 3.05) is 23.9 Å². The summed E-state index contributed by atoms with van der Waals surface area (Å²) in [4.78, 5) is 23.2. The summed E-state index contributed by atoms with van der Waals surface area (Å²) in [6.45, 7) is 1.58. The lowest BCUT2D eigenvalue weighted by atomic mass is 9.80. The van der Waals surface area contributed by atoms with Crippen LogP contribution in [-0.4, -0.2) is 40.9 Å². The van der Waals surface area contributed by atoms with E-state index >= 15 is 0 Å². The molecule has 2 heterocycles. The Kier molecular flexibility index (Phi) is 8.30. The van der Waals surface area contributed by atoms with Crippen LogP contribution in [-0.2, 0) is 24.9 Å². The molecule has 0 saturated heterocycles. The normalized spacial score (nSPS) is 19.1. The van der Waals surface area contributed by atoms with E-state index in [0.717, 1.165) is 17.0 Å². The maximum atomic E-state index is 13.7. The summed E-state index contributed by atoms with van der Waals surface area (Å²) < 4.78 is 122. The fourth-order valence-corrected chi connectivity index (χ4v) is 5.25. The molecule has 3 N–H and O–H groups in total. The summed E-state index contributed by atoms with van der Waals surface area (Å²) in [7, 11) is 3.07. The van der Waals surface area contributed by atoms with Crippen LogP contribution in [0.5, 0.6) is 0 Å². The third kappa shape index (κ3) is 6.39. The number of benzene rings is 2. The van der Waals surface area contributed by atoms with Crippen molar-refractivity contribution in [1.82, 2.24) is 9.97 Å². The highest BCUT2D eigenvalue weighted by molar-refractivity contribution is 5.90. The number of halogens is 9. The van der Waals surface area contributed by atoms with E-state index in [4.69, 9.17) is 5.73 Å². The molecule has 1 aromatic heterocycles. The van der Waals surface area contributed by atoms with Crippen molar-refractivity contribution in [2.24, 2.45) is 5.73 Å². The number of carboxylic acid groups (broad SMARTS) is 1. The zero-order chi connectivity index (χ0) is 33.0. The van der Waals surface area contributed by atoms with Gasteiger partial charge in [0.2, 0.25) is 0 Å². The number of hydrogen-bond donors (Lipinski definition) is 2. The first-order valence-corrected chi connectivity index (χ1v) is 13.0. The Morgan fingerprint density at radius 2 is 1.55 bits per heavy atom. The van der Waals surface area contributed by atoms with E-state index in [9.17, 15) is 49.4 Å². The van der Waals surface area contributed by atoms with Crippen LogP contribution in [0.25, 0.3) is 0 Å². The fraction of sp³-hybridized carbons (Fsp3) is 0.393. The number of carbonyl (C=O) groups is 1. The van der Waals surface area contributed by atoms with Crippen molar-refractivity contribution in [3.63, 3.8) is 0 Å². The molecule has 238 valence electrons. The molecule has 4 rings (SSSR count). The van der Waals surface area contributed by atoms with Gasteiger partial charge in [-0.05, 0) is 60.4 Å². The largest absolute Gasteiger partial charge is 0.465 e. The Balaban J connectivity index is 1.92. The molecular formula is C28H26F9N5O2. The van der Waals surface area contributed by atoms with Gasteiger partial charge >= 0.3 is 24.6 Å². The lowest BCUT2D eigenvalue weighted by Gasteiger charge is -2.46. The molecule has 7 nitrogen and oxygen atoms in total. The van der Waals surface area contributed by atoms with Gasteiger partial charge in [-0.3, -0.25) is 4.90 Å². The van der Waals surface area contributed by atoms with E-state index in [1.165, 1.54) is 25.2 Å². The zero-order valence-corrected chi connectivity index (χ0v) is 23.4. The molecule has 0 saturated carbocycles. The molecule has 0 fully saturated rings. The number of fused-ring (bicyclic) bond motifs is 1. The summed E-state index contributed by atoms with van der Waals surface area (Å²) in [5.74, 6) is -1.25. The number of nitrogens with zero attached hydrogens (tertiary/aromatic N) is 4. The second-order valence-corrected chi connectivity index (χ2v) is 10.6. The van der Waals surface area contributed by atoms with E-state index in [0.29, 0.717) is 18.2 Å². The zero-order valence-electron chi connectivity index (χ0n) is 23.4. The second kappa shape index (κ2) is 11.1. The minimum absolute atomic E-state index is 0.00125. The molecular weight excluding hydrogens is 609 g/mol. The number of alkyl halides is 9. The maximum Gasteiger partial charge on any atom is 0.416 e. The maximum absolute atomic E-state index is 13.7. The molecule has 16 heteroatoms. The van der Waals surface area contributed by atoms with Gasteiger partial charge in [0.05, 0.1) is 40.0 Å². The smallest absolute Gasteiger partial charge is 0.416 e. The van der Waals surface area contributed by atoms with Crippen LogP contribution in [0.15, 0.2) is 42.6 Å². The van der Waals surface area contributed by atoms with E-state index in [1.54, 1.807) is 6.92 Å². The highest BCUT2D eigenvalue weighted by Crippen LogP contribution is 2.47. The first kappa shape index (κ1) is 32.8. The van der Waals surface area contributed by atoms with Gasteiger partial charge in [0, 0.05) is 26.4 Å². The standard InChI is InChI=1S/C28H26F9N5O2/c1-4-25(38)12-19(18-11-15(26(29,30)31)5-6-21(18)42(25)24(43)44)23-39-13-22(41(2)3)20(40-23)9-14-7-16(27(32,33)34)10-17(8-14)28(35,36)37/h5-8,10-11,13,19H,4,9,12,38H2,1-3H3,(H,43,44)/t19-,25+/m0/s1. The van der Waals surface area contributed by atoms with Crippen molar-refractivity contribution >= 4 is 17.5 Å². The number of nitrogens with two attached hydrogens (primary N) is 1. The lowest BCUT2D eigenvalue weighted by molar-refractivity contribution is -0.143. The van der Waals surface area contributed by atoms with E-state index in [1.807, 2.05) is 0 Å². The number of anilines is 2. The van der Waals surface area contributed by atoms with Gasteiger partial charge in [-0.1, -0.05) is 6.92 Å². The average Bonchev–Trinajstić information content (AvgIpc) is 2.90. The molecule has 0 aliphatic carbocycles. The molecule has 0 radical (unpaired) electrons. The lowest BCUT2D eigenvalue weighted by Crippen LogP contribution is -2.61. The number of amides is 1. The molecule has 0 spiro atoms. The van der Waals surface area contributed by atoms with Gasteiger partial charge in [0.1, 0.15) is 11.5 Å². The van der Waals surface area contributed by atoms with Crippen molar-refractivity contribution in [2.45, 2.75) is 56.3 Å². The SMILES string of the molecule is CC[C@]1(N)C[C@H](c2ncc(N(C)C)c(Cc3cc(C(F)(F)F)cc(C(F)(F)F)c3)n2)c2cc(C(F)(F)F)ccc2N1C(=O)O. The molecule has 2 aromatic carbocycles. The summed E-state index contributed by atoms with van der Waals surface area (Å²) in [6.07, 6.45) is -16.0. The van der Waals surface area contributed by atoms with Gasteiger partial charge in [-0.2, -0.15) is 39.5 Å². The van der Waals surface area contributed by atoms with E-state index in [2.05, 4.69) is 9.97 Å². The highest BCUT2D eigenvalue weighted by atomic mass is 19.4. The van der Waals surface area contributed by atoms with Crippen molar-refractivity contribution in [1.29, 1.82) is 0 Å². The average molecular weight is 636 g/mol. The van der Waals surface area contributed by atoms with Gasteiger partial charge in [-0.25, -0.2) is 14.8 Å². The topological polar surface area (TPSA) is 95.6 Å². The number of hydrogen-bond acceptors (Lipinski definition) is 5. The Morgan fingerprint density at radius 3 is 2.02 bits per heavy atom. The molecule has 1 aliphatic heterocycles. The van der Waals surface area contributed by atoms with Crippen LogP contribution in [0.3, 0.4) is 0 Å². The summed E-state index contributed by atoms with van der Waals surface area (Å²) >= 11 is 0. The molecule has 3 aromatic rings. The molecule has 0 bridgehead atoms. The summed E-state index contributed by atoms with van der Waals surface area (Å²) in [5, 5.41) is 9.93. The van der Waals surface area contributed by atoms with Crippen LogP contribution in [0.2, 0.25) is 0 Å². The molecule has 2 atom stereocenters. The second-order valence-electron chi connectivity index (χ2n) is 10.6. The van der Waals surface area contributed by atoms with Crippen molar-refractivity contribution < 1.29 is 49.4 Å². The van der Waals surface area contributed by atoms with Gasteiger partial charge in [0.15, 0.2) is 0 Å². The van der Waals surface area contributed by atoms with Gasteiger partial charge in [-0.15, -0.1) is 0 Å². The van der Waals surface area contributed by atoms with E-state index in [-0.39, 0.29) is 52.9 Å². The van der Waals surface area contributed by atoms with Crippen LogP contribution >= 0.6 is 0 Å². The van der Waals surface area contributed by atoms with Crippen LogP contribution in [0, 0.1) is 0 Å². The first-order chi connectivity index (χ1) is 20.2. The number of aromatic nitrogens is 2. The Hall–Kier alpha value is -4.08. The van der Waals surface area contributed by atoms with Crippen LogP contribution in [0.4, 0.5) is 55.7 Å².